The second-order valence-corrected chi connectivity index (χ2v) is 9.34. The quantitative estimate of drug-likeness (QED) is 0.340. The highest BCUT2D eigenvalue weighted by Crippen LogP contribution is 2.50. The van der Waals surface area contributed by atoms with Crippen LogP contribution in [-0.4, -0.2) is 30.0 Å². The van der Waals surface area contributed by atoms with Crippen molar-refractivity contribution in [3.63, 3.8) is 0 Å². The fourth-order valence-electron chi connectivity index (χ4n) is 4.82. The molecule has 0 spiro atoms. The van der Waals surface area contributed by atoms with Gasteiger partial charge in [-0.3, -0.25) is 0 Å². The summed E-state index contributed by atoms with van der Waals surface area (Å²) in [5.74, 6) is 1.34. The number of ether oxygens (including phenoxy) is 2. The van der Waals surface area contributed by atoms with Crippen LogP contribution in [0.4, 0.5) is 0 Å². The molecule has 3 nitrogen and oxygen atoms in total. The maximum atomic E-state index is 10.9. The maximum Gasteiger partial charge on any atom is 0.105 e. The highest BCUT2D eigenvalue weighted by molar-refractivity contribution is 5.35. The van der Waals surface area contributed by atoms with E-state index in [2.05, 4.69) is 49.4 Å². The van der Waals surface area contributed by atoms with Crippen molar-refractivity contribution in [2.24, 2.45) is 11.8 Å². The molecule has 1 aromatic rings. The number of aryl methyl sites for hydroxylation is 1. The van der Waals surface area contributed by atoms with Gasteiger partial charge < -0.3 is 14.6 Å². The third-order valence-electron chi connectivity index (χ3n) is 6.83. The summed E-state index contributed by atoms with van der Waals surface area (Å²) in [5.41, 5.74) is 2.12. The molecule has 0 aromatic heterocycles. The van der Waals surface area contributed by atoms with Gasteiger partial charge >= 0.3 is 0 Å². The molecule has 0 bridgehead atoms. The molecule has 3 unspecified atom stereocenters. The molecule has 3 heteroatoms. The van der Waals surface area contributed by atoms with Crippen LogP contribution in [0.5, 0.6) is 0 Å². The molecule has 172 valence electrons. The van der Waals surface area contributed by atoms with Gasteiger partial charge in [0.05, 0.1) is 24.2 Å². The number of hydrogen-bond acceptors (Lipinski definition) is 3. The van der Waals surface area contributed by atoms with Crippen LogP contribution < -0.4 is 0 Å². The lowest BCUT2D eigenvalue weighted by molar-refractivity contribution is -0.0307. The Morgan fingerprint density at radius 3 is 2.39 bits per heavy atom. The van der Waals surface area contributed by atoms with Gasteiger partial charge in [0, 0.05) is 6.61 Å². The first-order chi connectivity index (χ1) is 15.1. The Bertz CT molecular complexity index is 717. The van der Waals surface area contributed by atoms with E-state index in [9.17, 15) is 5.11 Å². The van der Waals surface area contributed by atoms with Crippen molar-refractivity contribution in [3.8, 4) is 0 Å². The first-order valence-electron chi connectivity index (χ1n) is 12.5. The van der Waals surface area contributed by atoms with E-state index in [-0.39, 0.29) is 12.0 Å². The minimum absolute atomic E-state index is 0.0621. The van der Waals surface area contributed by atoms with Crippen molar-refractivity contribution < 1.29 is 14.6 Å². The third-order valence-corrected chi connectivity index (χ3v) is 6.83. The topological polar surface area (TPSA) is 38.7 Å². The predicted octanol–water partition coefficient (Wildman–Crippen LogP) is 6.61. The van der Waals surface area contributed by atoms with Gasteiger partial charge in [0.25, 0.3) is 0 Å². The highest BCUT2D eigenvalue weighted by atomic mass is 16.5. The molecule has 0 amide bonds. The molecule has 0 heterocycles. The summed E-state index contributed by atoms with van der Waals surface area (Å²) < 4.78 is 12.1. The fourth-order valence-corrected chi connectivity index (χ4v) is 4.82. The first-order valence-corrected chi connectivity index (χ1v) is 12.5. The summed E-state index contributed by atoms with van der Waals surface area (Å²) in [6.45, 7) is 7.64. The van der Waals surface area contributed by atoms with E-state index >= 15 is 0 Å². The molecule has 2 aliphatic rings. The normalized spacial score (nSPS) is 23.1. The van der Waals surface area contributed by atoms with Crippen LogP contribution in [0.1, 0.15) is 77.7 Å². The second kappa shape index (κ2) is 11.9. The Balaban J connectivity index is 1.45. The number of rotatable bonds is 14. The van der Waals surface area contributed by atoms with E-state index in [1.165, 1.54) is 56.1 Å². The molecule has 31 heavy (non-hydrogen) atoms. The number of allylic oxidation sites excluding steroid dienone is 2. The van der Waals surface area contributed by atoms with Gasteiger partial charge in [0.1, 0.15) is 5.76 Å². The predicted molar refractivity (Wildman–Crippen MR) is 128 cm³/mol. The monoisotopic (exact) mass is 426 g/mol. The summed E-state index contributed by atoms with van der Waals surface area (Å²) in [6.07, 6.45) is 14.9. The van der Waals surface area contributed by atoms with E-state index in [0.717, 1.165) is 18.6 Å². The molecule has 3 atom stereocenters. The average molecular weight is 427 g/mol. The molecule has 0 radical (unpaired) electrons. The third kappa shape index (κ3) is 6.95. The number of hydrogen-bond donors (Lipinski definition) is 1. The van der Waals surface area contributed by atoms with Crippen molar-refractivity contribution in [1.29, 1.82) is 0 Å². The molecule has 0 saturated heterocycles. The van der Waals surface area contributed by atoms with Crippen molar-refractivity contribution in [2.45, 2.75) is 90.3 Å². The molecule has 2 aliphatic carbocycles. The van der Waals surface area contributed by atoms with Crippen molar-refractivity contribution in [2.75, 3.05) is 13.2 Å². The molecule has 1 N–H and O–H groups in total. The van der Waals surface area contributed by atoms with Crippen molar-refractivity contribution in [1.82, 2.24) is 0 Å². The average Bonchev–Trinajstić information content (AvgIpc) is 3.51. The van der Waals surface area contributed by atoms with Gasteiger partial charge in [-0.15, -0.1) is 0 Å². The zero-order valence-corrected chi connectivity index (χ0v) is 19.8. The Hall–Kier alpha value is -1.58. The molecule has 3 rings (SSSR count). The fraction of sp³-hybridized carbons (Fsp3) is 0.643. The highest BCUT2D eigenvalue weighted by Gasteiger charge is 2.54. The van der Waals surface area contributed by atoms with Crippen LogP contribution in [0.25, 0.3) is 0 Å². The van der Waals surface area contributed by atoms with Crippen molar-refractivity contribution in [3.05, 3.63) is 59.4 Å². The summed E-state index contributed by atoms with van der Waals surface area (Å²) in [6, 6.07) is 10.8. The maximum absolute atomic E-state index is 10.9. The summed E-state index contributed by atoms with van der Waals surface area (Å²) in [4.78, 5) is 0. The first kappa shape index (κ1) is 24.1. The van der Waals surface area contributed by atoms with Crippen LogP contribution in [0, 0.1) is 11.8 Å². The second-order valence-electron chi connectivity index (χ2n) is 9.34. The number of aliphatic hydroxyl groups is 1. The van der Waals surface area contributed by atoms with Crippen LogP contribution in [0.15, 0.2) is 53.8 Å². The molecular formula is C28H42O3. The van der Waals surface area contributed by atoms with Gasteiger partial charge in [0.2, 0.25) is 0 Å². The van der Waals surface area contributed by atoms with Crippen LogP contribution in [0.2, 0.25) is 0 Å². The van der Waals surface area contributed by atoms with Crippen LogP contribution in [-0.2, 0) is 15.9 Å². The minimum atomic E-state index is -0.647. The van der Waals surface area contributed by atoms with Crippen LogP contribution in [0.3, 0.4) is 0 Å². The van der Waals surface area contributed by atoms with E-state index in [4.69, 9.17) is 9.47 Å². The largest absolute Gasteiger partial charge is 0.498 e. The molecule has 1 saturated carbocycles. The summed E-state index contributed by atoms with van der Waals surface area (Å²) in [5, 5.41) is 10.9. The van der Waals surface area contributed by atoms with Crippen LogP contribution >= 0.6 is 0 Å². The standard InChI is InChI=1S/C28H42O3/c1-4-30-25-20-24(21-26(31-5-2)27(25)28(29)18-19-28)22(3)14-10-7-6-8-11-15-23-16-12-9-13-17-23/h9,12-13,16-17,20-22,25,27,29H,4-8,10-11,14-15,18-19H2,1-3H3. The van der Waals surface area contributed by atoms with E-state index in [1.54, 1.807) is 0 Å². The Labute approximate surface area is 189 Å². The molecule has 1 aromatic carbocycles. The molecule has 1 fully saturated rings. The zero-order valence-electron chi connectivity index (χ0n) is 19.8. The lowest BCUT2D eigenvalue weighted by atomic mass is 9.81. The lowest BCUT2D eigenvalue weighted by Crippen LogP contribution is -2.39. The van der Waals surface area contributed by atoms with Gasteiger partial charge in [-0.25, -0.2) is 0 Å². The number of benzene rings is 1. The Morgan fingerprint density at radius 2 is 1.71 bits per heavy atom. The van der Waals surface area contributed by atoms with Gasteiger partial charge in [-0.2, -0.15) is 0 Å². The van der Waals surface area contributed by atoms with Gasteiger partial charge in [-0.05, 0) is 69.1 Å². The summed E-state index contributed by atoms with van der Waals surface area (Å²) >= 11 is 0. The van der Waals surface area contributed by atoms with Gasteiger partial charge in [-0.1, -0.05) is 69.0 Å². The zero-order chi connectivity index (χ0) is 22.1. The lowest BCUT2D eigenvalue weighted by Gasteiger charge is -2.35. The number of unbranched alkanes of at least 4 members (excludes halogenated alkanes) is 4. The van der Waals surface area contributed by atoms with Crippen molar-refractivity contribution >= 4 is 0 Å². The Morgan fingerprint density at radius 1 is 1.00 bits per heavy atom. The van der Waals surface area contributed by atoms with Gasteiger partial charge in [0.15, 0.2) is 0 Å². The Kier molecular flexibility index (Phi) is 9.22. The SMILES string of the molecule is CCOC1=CC(C(C)CCCCCCCc2ccccc2)=CC(OCC)C1C1(O)CC1. The molecular weight excluding hydrogens is 384 g/mol. The smallest absolute Gasteiger partial charge is 0.105 e. The van der Waals surface area contributed by atoms with E-state index < -0.39 is 5.60 Å². The summed E-state index contributed by atoms with van der Waals surface area (Å²) in [7, 11) is 0. The van der Waals surface area contributed by atoms with E-state index in [0.29, 0.717) is 19.1 Å². The minimum Gasteiger partial charge on any atom is -0.498 e. The molecule has 0 aliphatic heterocycles. The van der Waals surface area contributed by atoms with E-state index in [1.807, 2.05) is 13.8 Å².